The van der Waals surface area contributed by atoms with E-state index in [-0.39, 0.29) is 30.0 Å². The summed E-state index contributed by atoms with van der Waals surface area (Å²) in [5.41, 5.74) is -0.447. The van der Waals surface area contributed by atoms with Gasteiger partial charge >= 0.3 is 11.9 Å². The zero-order valence-electron chi connectivity index (χ0n) is 15.2. The molecule has 3 N–H and O–H groups in total. The lowest BCUT2D eigenvalue weighted by atomic mass is 9.81. The first-order valence-corrected chi connectivity index (χ1v) is 9.07. The second-order valence-electron chi connectivity index (χ2n) is 7.44. The SMILES string of the molecule is C[C@H](Nc1cc(-c2n[nH]c(=O)o2)ccc1C(F)(F)F)[C@@H]1[C@@H]2CC[C@H]1CNC2.Cl. The van der Waals surface area contributed by atoms with Gasteiger partial charge in [-0.05, 0) is 68.8 Å². The number of H-pyrrole nitrogens is 1. The minimum absolute atomic E-state index is 0. The van der Waals surface area contributed by atoms with Gasteiger partial charge in [0.25, 0.3) is 0 Å². The summed E-state index contributed by atoms with van der Waals surface area (Å²) in [7, 11) is 0. The van der Waals surface area contributed by atoms with Crippen molar-refractivity contribution >= 4 is 18.1 Å². The summed E-state index contributed by atoms with van der Waals surface area (Å²) in [6, 6.07) is 3.50. The van der Waals surface area contributed by atoms with E-state index >= 15 is 0 Å². The Labute approximate surface area is 165 Å². The zero-order chi connectivity index (χ0) is 19.2. The third kappa shape index (κ3) is 3.91. The molecule has 2 fully saturated rings. The summed E-state index contributed by atoms with van der Waals surface area (Å²) in [6.45, 7) is 3.78. The van der Waals surface area contributed by atoms with Gasteiger partial charge in [0, 0.05) is 17.3 Å². The Morgan fingerprint density at radius 3 is 2.50 bits per heavy atom. The van der Waals surface area contributed by atoms with E-state index in [1.54, 1.807) is 0 Å². The Bertz CT molecular complexity index is 866. The van der Waals surface area contributed by atoms with Crippen LogP contribution >= 0.6 is 12.4 Å². The first-order valence-electron chi connectivity index (χ1n) is 9.07. The lowest BCUT2D eigenvalue weighted by molar-refractivity contribution is -0.137. The highest BCUT2D eigenvalue weighted by Gasteiger charge is 2.42. The van der Waals surface area contributed by atoms with E-state index in [4.69, 9.17) is 4.42 Å². The summed E-state index contributed by atoms with van der Waals surface area (Å²) < 4.78 is 45.4. The Hall–Kier alpha value is -2.00. The molecule has 10 heteroatoms. The largest absolute Gasteiger partial charge is 0.434 e. The average molecular weight is 419 g/mol. The number of aromatic nitrogens is 2. The normalized spacial score (nSPS) is 25.2. The molecule has 1 saturated carbocycles. The fourth-order valence-corrected chi connectivity index (χ4v) is 4.68. The van der Waals surface area contributed by atoms with Crippen LogP contribution in [0.3, 0.4) is 0 Å². The van der Waals surface area contributed by atoms with Crippen molar-refractivity contribution in [1.29, 1.82) is 0 Å². The molecule has 6 nitrogen and oxygen atoms in total. The summed E-state index contributed by atoms with van der Waals surface area (Å²) in [5, 5.41) is 12.3. The van der Waals surface area contributed by atoms with Gasteiger partial charge in [0.05, 0.1) is 5.56 Å². The van der Waals surface area contributed by atoms with E-state index in [2.05, 4.69) is 20.8 Å². The molecule has 1 saturated heterocycles. The van der Waals surface area contributed by atoms with Crippen LogP contribution in [0.5, 0.6) is 0 Å². The van der Waals surface area contributed by atoms with Gasteiger partial charge in [-0.25, -0.2) is 9.89 Å². The number of alkyl halides is 3. The molecule has 4 atom stereocenters. The van der Waals surface area contributed by atoms with Crippen LogP contribution in [-0.4, -0.2) is 29.3 Å². The molecule has 4 rings (SSSR count). The molecule has 154 valence electrons. The third-order valence-corrected chi connectivity index (χ3v) is 5.78. The van der Waals surface area contributed by atoms with Crippen LogP contribution in [0.15, 0.2) is 27.4 Å². The van der Waals surface area contributed by atoms with Crippen molar-refractivity contribution in [2.24, 2.45) is 17.8 Å². The smallest absolute Gasteiger partial charge is 0.388 e. The molecule has 2 bridgehead atoms. The van der Waals surface area contributed by atoms with E-state index in [1.807, 2.05) is 6.92 Å². The molecule has 1 aliphatic carbocycles. The predicted octanol–water partition coefficient (Wildman–Crippen LogP) is 3.52. The number of anilines is 1. The summed E-state index contributed by atoms with van der Waals surface area (Å²) in [5.74, 6) is 0.506. The van der Waals surface area contributed by atoms with Crippen molar-refractivity contribution in [3.8, 4) is 11.5 Å². The van der Waals surface area contributed by atoms with Crippen molar-refractivity contribution < 1.29 is 17.6 Å². The first-order chi connectivity index (χ1) is 12.8. The number of nitrogens with zero attached hydrogens (tertiary/aromatic N) is 1. The molecular weight excluding hydrogens is 397 g/mol. The van der Waals surface area contributed by atoms with Crippen molar-refractivity contribution in [1.82, 2.24) is 15.5 Å². The lowest BCUT2D eigenvalue weighted by Gasteiger charge is -2.36. The second-order valence-corrected chi connectivity index (χ2v) is 7.44. The number of halogens is 4. The first kappa shape index (κ1) is 20.7. The fraction of sp³-hybridized carbons (Fsp3) is 0.556. The minimum Gasteiger partial charge on any atom is -0.388 e. The Morgan fingerprint density at radius 1 is 1.25 bits per heavy atom. The van der Waals surface area contributed by atoms with Crippen molar-refractivity contribution in [2.45, 2.75) is 32.0 Å². The van der Waals surface area contributed by atoms with Crippen molar-refractivity contribution in [2.75, 3.05) is 18.4 Å². The topological polar surface area (TPSA) is 83.0 Å². The number of benzene rings is 1. The Morgan fingerprint density at radius 2 is 1.93 bits per heavy atom. The maximum atomic E-state index is 13.5. The van der Waals surface area contributed by atoms with E-state index in [9.17, 15) is 18.0 Å². The lowest BCUT2D eigenvalue weighted by Crippen LogP contribution is -2.45. The quantitative estimate of drug-likeness (QED) is 0.707. The van der Waals surface area contributed by atoms with Gasteiger partial charge < -0.3 is 15.1 Å². The number of fused-ring (bicyclic) bond motifs is 2. The predicted molar refractivity (Wildman–Crippen MR) is 100 cm³/mol. The molecule has 1 aromatic heterocycles. The summed E-state index contributed by atoms with van der Waals surface area (Å²) >= 11 is 0. The second kappa shape index (κ2) is 7.79. The van der Waals surface area contributed by atoms with Crippen LogP contribution in [0.1, 0.15) is 25.3 Å². The molecule has 2 aliphatic rings. The van der Waals surface area contributed by atoms with Gasteiger partial charge in [0.1, 0.15) is 0 Å². The number of piperidine rings is 1. The van der Waals surface area contributed by atoms with Crippen LogP contribution in [0.4, 0.5) is 18.9 Å². The maximum absolute atomic E-state index is 13.5. The van der Waals surface area contributed by atoms with Crippen LogP contribution in [0, 0.1) is 17.8 Å². The van der Waals surface area contributed by atoms with Gasteiger partial charge in [-0.15, -0.1) is 17.5 Å². The Kier molecular flexibility index (Phi) is 5.77. The van der Waals surface area contributed by atoms with Gasteiger partial charge in [-0.3, -0.25) is 0 Å². The number of nitrogens with one attached hydrogen (secondary N) is 3. The van der Waals surface area contributed by atoms with Crippen LogP contribution in [0.2, 0.25) is 0 Å². The molecule has 0 unspecified atom stereocenters. The molecule has 1 aliphatic heterocycles. The highest BCUT2D eigenvalue weighted by Crippen LogP contribution is 2.43. The minimum atomic E-state index is -4.49. The number of aromatic amines is 1. The standard InChI is InChI=1S/C18H21F3N4O2.ClH/c1-9(15-11-2-3-12(15)8-22-7-11)23-14-6-10(16-24-25-17(26)27-16)4-5-13(14)18(19,20)21;/h4-6,9,11-12,15,22-23H,2-3,7-8H2,1H3,(H,25,26);1H/t9-,11-,12+,15-;/m0./s1. The number of hydrogen-bond donors (Lipinski definition) is 3. The molecule has 0 amide bonds. The van der Waals surface area contributed by atoms with Crippen molar-refractivity contribution in [3.63, 3.8) is 0 Å². The van der Waals surface area contributed by atoms with Gasteiger partial charge in [-0.1, -0.05) is 0 Å². The molecule has 0 radical (unpaired) electrons. The van der Waals surface area contributed by atoms with Gasteiger partial charge in [0.2, 0.25) is 5.89 Å². The van der Waals surface area contributed by atoms with E-state index < -0.39 is 17.5 Å². The van der Waals surface area contributed by atoms with Gasteiger partial charge in [-0.2, -0.15) is 13.2 Å². The fourth-order valence-electron chi connectivity index (χ4n) is 4.68. The van der Waals surface area contributed by atoms with Gasteiger partial charge in [0.15, 0.2) is 0 Å². The molecule has 1 aromatic carbocycles. The molecule has 0 spiro atoms. The zero-order valence-corrected chi connectivity index (χ0v) is 16.0. The van der Waals surface area contributed by atoms with E-state index in [1.165, 1.54) is 12.1 Å². The van der Waals surface area contributed by atoms with Crippen LogP contribution in [0.25, 0.3) is 11.5 Å². The molecule has 28 heavy (non-hydrogen) atoms. The third-order valence-electron chi connectivity index (χ3n) is 5.78. The summed E-state index contributed by atoms with van der Waals surface area (Å²) in [4.78, 5) is 11.2. The molecule has 2 aromatic rings. The number of hydrogen-bond acceptors (Lipinski definition) is 5. The highest BCUT2D eigenvalue weighted by atomic mass is 35.5. The number of rotatable bonds is 4. The average Bonchev–Trinajstić information content (AvgIpc) is 3.14. The maximum Gasteiger partial charge on any atom is 0.434 e. The highest BCUT2D eigenvalue weighted by molar-refractivity contribution is 5.85. The van der Waals surface area contributed by atoms with E-state index in [0.29, 0.717) is 23.3 Å². The van der Waals surface area contributed by atoms with Crippen molar-refractivity contribution in [3.05, 3.63) is 34.3 Å². The van der Waals surface area contributed by atoms with E-state index in [0.717, 1.165) is 32.0 Å². The molecular formula is C18H22ClF3N4O2. The van der Waals surface area contributed by atoms with Crippen LogP contribution in [-0.2, 0) is 6.18 Å². The monoisotopic (exact) mass is 418 g/mol. The Balaban J connectivity index is 0.00000225. The summed E-state index contributed by atoms with van der Waals surface area (Å²) in [6.07, 6.45) is -2.27. The molecule has 2 heterocycles. The van der Waals surface area contributed by atoms with Crippen LogP contribution < -0.4 is 16.4 Å².